The highest BCUT2D eigenvalue weighted by Crippen LogP contribution is 2.23. The van der Waals surface area contributed by atoms with Crippen molar-refractivity contribution in [2.75, 3.05) is 11.5 Å². The van der Waals surface area contributed by atoms with E-state index in [1.54, 1.807) is 10.6 Å². The first-order valence-corrected chi connectivity index (χ1v) is 12.7. The number of sulfone groups is 1. The Morgan fingerprint density at radius 2 is 1.97 bits per heavy atom. The monoisotopic (exact) mass is 468 g/mol. The Morgan fingerprint density at radius 1 is 1.26 bits per heavy atom. The van der Waals surface area contributed by atoms with Crippen LogP contribution >= 0.6 is 11.3 Å². The topological polar surface area (TPSA) is 141 Å². The smallest absolute Gasteiger partial charge is 0.270 e. The van der Waals surface area contributed by atoms with E-state index in [-0.39, 0.29) is 16.5 Å². The lowest BCUT2D eigenvalue weighted by molar-refractivity contribution is -0.384. The highest BCUT2D eigenvalue weighted by molar-refractivity contribution is 7.92. The van der Waals surface area contributed by atoms with Gasteiger partial charge in [0.25, 0.3) is 11.6 Å². The number of carbonyl (C=O) groups excluding carboxylic acids is 2. The molecule has 1 aromatic carbocycles. The molecule has 1 N–H and O–H groups in total. The molecule has 2 amide bonds. The minimum atomic E-state index is -3.97. The van der Waals surface area contributed by atoms with Crippen molar-refractivity contribution in [2.24, 2.45) is 4.99 Å². The fourth-order valence-corrected chi connectivity index (χ4v) is 5.83. The lowest BCUT2D eigenvalue weighted by atomic mass is 9.95. The van der Waals surface area contributed by atoms with Crippen LogP contribution in [0.3, 0.4) is 0 Å². The second kappa shape index (κ2) is 9.69. The van der Waals surface area contributed by atoms with Crippen LogP contribution in [-0.4, -0.2) is 47.3 Å². The van der Waals surface area contributed by atoms with E-state index in [1.807, 2.05) is 6.92 Å². The van der Waals surface area contributed by atoms with Gasteiger partial charge in [0.2, 0.25) is 5.91 Å². The van der Waals surface area contributed by atoms with E-state index < -0.39 is 38.1 Å². The molecule has 1 fully saturated rings. The highest BCUT2D eigenvalue weighted by atomic mass is 32.2. The van der Waals surface area contributed by atoms with E-state index in [9.17, 15) is 28.1 Å². The number of carbonyl (C=O) groups is 2. The lowest BCUT2D eigenvalue weighted by Gasteiger charge is -2.22. The first-order chi connectivity index (χ1) is 14.7. The zero-order valence-electron chi connectivity index (χ0n) is 17.1. The largest absolute Gasteiger partial charge is 0.352 e. The third kappa shape index (κ3) is 5.97. The number of aryl methyl sites for hydroxylation is 1. The van der Waals surface area contributed by atoms with Gasteiger partial charge < -0.3 is 9.88 Å². The van der Waals surface area contributed by atoms with E-state index in [0.29, 0.717) is 16.8 Å². The van der Waals surface area contributed by atoms with Crippen LogP contribution in [0.25, 0.3) is 10.2 Å². The van der Waals surface area contributed by atoms with E-state index in [0.717, 1.165) is 43.4 Å². The number of thiazole rings is 1. The van der Waals surface area contributed by atoms with Gasteiger partial charge in [-0.2, -0.15) is 4.99 Å². The van der Waals surface area contributed by atoms with E-state index in [4.69, 9.17) is 0 Å². The van der Waals surface area contributed by atoms with Crippen molar-refractivity contribution in [2.45, 2.75) is 51.6 Å². The highest BCUT2D eigenvalue weighted by Gasteiger charge is 2.23. The lowest BCUT2D eigenvalue weighted by Crippen LogP contribution is -2.40. The van der Waals surface area contributed by atoms with Gasteiger partial charge in [0.05, 0.1) is 15.1 Å². The summed E-state index contributed by atoms with van der Waals surface area (Å²) < 4.78 is 26.9. The summed E-state index contributed by atoms with van der Waals surface area (Å²) in [5, 5.41) is 13.7. The standard InChI is InChI=1S/C19H24N4O6S2/c1-2-22-15-9-8-14(23(26)27)10-16(15)30-19(22)21-18(25)12-31(28,29)11-17(24)20-13-6-4-3-5-7-13/h8-10,13H,2-7,11-12H2,1H3,(H,20,24). The quantitative estimate of drug-likeness (QED) is 0.486. The van der Waals surface area contributed by atoms with E-state index in [2.05, 4.69) is 10.3 Å². The molecule has 0 bridgehead atoms. The minimum absolute atomic E-state index is 0.0112. The van der Waals surface area contributed by atoms with Crippen molar-refractivity contribution in [3.05, 3.63) is 33.1 Å². The van der Waals surface area contributed by atoms with Crippen molar-refractivity contribution in [1.29, 1.82) is 0 Å². The van der Waals surface area contributed by atoms with Crippen LogP contribution < -0.4 is 10.1 Å². The number of non-ortho nitro benzene ring substituents is 1. The maximum atomic E-state index is 12.3. The predicted molar refractivity (Wildman–Crippen MR) is 116 cm³/mol. The van der Waals surface area contributed by atoms with Gasteiger partial charge in [-0.3, -0.25) is 19.7 Å². The molecule has 168 valence electrons. The van der Waals surface area contributed by atoms with Crippen LogP contribution in [0.1, 0.15) is 39.0 Å². The number of rotatable bonds is 7. The summed E-state index contributed by atoms with van der Waals surface area (Å²) in [4.78, 5) is 39.0. The molecule has 1 aliphatic rings. The Kier molecular flexibility index (Phi) is 7.21. The normalized spacial score (nSPS) is 15.8. The van der Waals surface area contributed by atoms with E-state index in [1.165, 1.54) is 12.1 Å². The molecule has 2 aromatic rings. The summed E-state index contributed by atoms with van der Waals surface area (Å²) in [6.07, 6.45) is 4.79. The maximum absolute atomic E-state index is 12.3. The number of nitrogens with one attached hydrogen (secondary N) is 1. The number of hydrogen-bond donors (Lipinski definition) is 1. The average molecular weight is 469 g/mol. The predicted octanol–water partition coefficient (Wildman–Crippen LogP) is 1.92. The van der Waals surface area contributed by atoms with Gasteiger partial charge in [0.15, 0.2) is 14.6 Å². The van der Waals surface area contributed by atoms with Gasteiger partial charge in [0.1, 0.15) is 11.5 Å². The molecule has 31 heavy (non-hydrogen) atoms. The molecule has 0 unspecified atom stereocenters. The summed E-state index contributed by atoms with van der Waals surface area (Å²) in [6, 6.07) is 4.32. The van der Waals surface area contributed by atoms with Gasteiger partial charge in [-0.05, 0) is 25.8 Å². The second-order valence-electron chi connectivity index (χ2n) is 7.48. The van der Waals surface area contributed by atoms with Crippen molar-refractivity contribution >= 4 is 48.9 Å². The Morgan fingerprint density at radius 3 is 2.61 bits per heavy atom. The summed E-state index contributed by atoms with van der Waals surface area (Å²) in [5.74, 6) is -3.11. The molecular formula is C19H24N4O6S2. The maximum Gasteiger partial charge on any atom is 0.270 e. The second-order valence-corrected chi connectivity index (χ2v) is 10.6. The van der Waals surface area contributed by atoms with Crippen LogP contribution in [0, 0.1) is 10.1 Å². The first-order valence-electron chi connectivity index (χ1n) is 10.0. The number of amides is 2. The number of aromatic nitrogens is 1. The number of nitro groups is 1. The molecule has 0 saturated heterocycles. The Bertz CT molecular complexity index is 1180. The molecule has 0 atom stereocenters. The molecule has 1 aromatic heterocycles. The molecule has 12 heteroatoms. The molecule has 0 spiro atoms. The number of benzene rings is 1. The van der Waals surface area contributed by atoms with Crippen LogP contribution in [0.5, 0.6) is 0 Å². The van der Waals surface area contributed by atoms with Crippen molar-refractivity contribution in [1.82, 2.24) is 9.88 Å². The van der Waals surface area contributed by atoms with Gasteiger partial charge >= 0.3 is 0 Å². The van der Waals surface area contributed by atoms with Gasteiger partial charge in [0, 0.05) is 24.7 Å². The van der Waals surface area contributed by atoms with Crippen LogP contribution in [0.4, 0.5) is 5.69 Å². The number of nitro benzene ring substituents is 1. The summed E-state index contributed by atoms with van der Waals surface area (Å²) in [5.41, 5.74) is 0.584. The molecule has 1 heterocycles. The molecule has 3 rings (SSSR count). The molecule has 0 aliphatic heterocycles. The Hall–Kier alpha value is -2.60. The van der Waals surface area contributed by atoms with Gasteiger partial charge in [-0.25, -0.2) is 8.42 Å². The van der Waals surface area contributed by atoms with Gasteiger partial charge in [-0.1, -0.05) is 30.6 Å². The van der Waals surface area contributed by atoms with Crippen molar-refractivity contribution < 1.29 is 22.9 Å². The molecular weight excluding hydrogens is 444 g/mol. The molecule has 0 radical (unpaired) electrons. The number of nitrogens with zero attached hydrogens (tertiary/aromatic N) is 3. The SMILES string of the molecule is CCn1c(=NC(=O)CS(=O)(=O)CC(=O)NC2CCCCC2)sc2cc([N+](=O)[O-])ccc21. The number of fused-ring (bicyclic) bond motifs is 1. The summed E-state index contributed by atoms with van der Waals surface area (Å²) in [6.45, 7) is 2.27. The molecule has 1 saturated carbocycles. The fraction of sp³-hybridized carbons (Fsp3) is 0.526. The minimum Gasteiger partial charge on any atom is -0.352 e. The number of hydrogen-bond acceptors (Lipinski definition) is 7. The third-order valence-electron chi connectivity index (χ3n) is 5.08. The zero-order valence-corrected chi connectivity index (χ0v) is 18.7. The van der Waals surface area contributed by atoms with Crippen LogP contribution in [0.15, 0.2) is 23.2 Å². The van der Waals surface area contributed by atoms with Gasteiger partial charge in [-0.15, -0.1) is 0 Å². The Labute approximate surface area is 183 Å². The van der Waals surface area contributed by atoms with Crippen molar-refractivity contribution in [3.8, 4) is 0 Å². The molecule has 10 nitrogen and oxygen atoms in total. The van der Waals surface area contributed by atoms with Crippen molar-refractivity contribution in [3.63, 3.8) is 0 Å². The summed E-state index contributed by atoms with van der Waals surface area (Å²) >= 11 is 1.07. The first kappa shape index (κ1) is 23.1. The average Bonchev–Trinajstić information content (AvgIpc) is 3.03. The zero-order chi connectivity index (χ0) is 22.6. The third-order valence-corrected chi connectivity index (χ3v) is 7.51. The van der Waals surface area contributed by atoms with Crippen LogP contribution in [0.2, 0.25) is 0 Å². The van der Waals surface area contributed by atoms with E-state index >= 15 is 0 Å². The fourth-order valence-electron chi connectivity index (χ4n) is 3.66. The summed E-state index contributed by atoms with van der Waals surface area (Å²) in [7, 11) is -3.97. The Balaban J connectivity index is 1.74. The van der Waals surface area contributed by atoms with Crippen LogP contribution in [-0.2, 0) is 26.0 Å². The molecule has 1 aliphatic carbocycles.